The molecule has 34 heavy (non-hydrogen) atoms. The molecule has 1 atom stereocenters. The lowest BCUT2D eigenvalue weighted by molar-refractivity contribution is -0.123. The minimum atomic E-state index is -0.783. The second-order valence-corrected chi connectivity index (χ2v) is 8.95. The minimum Gasteiger partial charge on any atom is -0.503 e. The lowest BCUT2D eigenvalue weighted by Crippen LogP contribution is -2.32. The van der Waals surface area contributed by atoms with Crippen LogP contribution in [0.2, 0.25) is 0 Å². The Kier molecular flexibility index (Phi) is 7.11. The third kappa shape index (κ3) is 4.66. The van der Waals surface area contributed by atoms with Crippen molar-refractivity contribution < 1.29 is 19.4 Å². The number of hydrogen-bond donors (Lipinski definition) is 2. The van der Waals surface area contributed by atoms with Crippen molar-refractivity contribution in [1.82, 2.24) is 0 Å². The van der Waals surface area contributed by atoms with Crippen molar-refractivity contribution in [1.29, 1.82) is 0 Å². The van der Waals surface area contributed by atoms with Crippen molar-refractivity contribution in [2.24, 2.45) is 11.1 Å². The molecule has 2 aromatic carbocycles. The Labute approximate surface area is 200 Å². The van der Waals surface area contributed by atoms with Crippen molar-refractivity contribution in [3.63, 3.8) is 0 Å². The minimum absolute atomic E-state index is 0.0894. The summed E-state index contributed by atoms with van der Waals surface area (Å²) in [5.41, 5.74) is 7.72. The molecule has 6 heteroatoms. The van der Waals surface area contributed by atoms with E-state index < -0.39 is 23.1 Å². The number of aliphatic hydroxyl groups is 1. The number of benzene rings is 2. The summed E-state index contributed by atoms with van der Waals surface area (Å²) in [7, 11) is 1.57. The monoisotopic (exact) mass is 458 g/mol. The molecule has 1 aliphatic heterocycles. The Morgan fingerprint density at radius 3 is 2.24 bits per heavy atom. The molecule has 1 heterocycles. The fraction of sp³-hybridized carbons (Fsp3) is 0.214. The number of anilines is 1. The van der Waals surface area contributed by atoms with E-state index in [2.05, 4.69) is 6.58 Å². The van der Waals surface area contributed by atoms with Gasteiger partial charge in [-0.15, -0.1) is 0 Å². The number of carbonyl (C=O) groups excluding carboxylic acids is 2. The van der Waals surface area contributed by atoms with Gasteiger partial charge in [-0.25, -0.2) is 0 Å². The highest BCUT2D eigenvalue weighted by atomic mass is 16.5. The molecule has 3 rings (SSSR count). The Morgan fingerprint density at radius 2 is 1.74 bits per heavy atom. The maximum Gasteiger partial charge on any atom is 0.294 e. The molecule has 3 N–H and O–H groups in total. The third-order valence-corrected chi connectivity index (χ3v) is 5.65. The predicted octanol–water partition coefficient (Wildman–Crippen LogP) is 5.25. The van der Waals surface area contributed by atoms with E-state index in [1.807, 2.05) is 18.2 Å². The molecular weight excluding hydrogens is 428 g/mol. The standard InChI is InChI=1S/C28H30N2O4/c1-6-18(8-7-17-29)19-9-13-21(14-10-19)30-24(20-11-15-22(34-5)16-12-20)23(25(31)27(30)33)26(32)28(2,3)4/h6-17,24,31H,1,29H2,2-5H3/b17-7-,18-8+. The number of aliphatic hydroxyl groups excluding tert-OH is 1. The quantitative estimate of drug-likeness (QED) is 0.553. The van der Waals surface area contributed by atoms with Crippen LogP contribution in [-0.4, -0.2) is 23.9 Å². The zero-order chi connectivity index (χ0) is 25.0. The van der Waals surface area contributed by atoms with Gasteiger partial charge in [-0.3, -0.25) is 14.5 Å². The van der Waals surface area contributed by atoms with Crippen LogP contribution in [0.1, 0.15) is 37.9 Å². The van der Waals surface area contributed by atoms with E-state index in [0.29, 0.717) is 17.0 Å². The van der Waals surface area contributed by atoms with Crippen molar-refractivity contribution in [3.05, 3.63) is 102 Å². The summed E-state index contributed by atoms with van der Waals surface area (Å²) in [6, 6.07) is 13.6. The average Bonchev–Trinajstić information content (AvgIpc) is 3.09. The fourth-order valence-corrected chi connectivity index (χ4v) is 3.86. The van der Waals surface area contributed by atoms with Gasteiger partial charge in [0.15, 0.2) is 11.5 Å². The average molecular weight is 459 g/mol. The van der Waals surface area contributed by atoms with E-state index in [4.69, 9.17) is 10.5 Å². The summed E-state index contributed by atoms with van der Waals surface area (Å²) < 4.78 is 5.25. The highest BCUT2D eigenvalue weighted by Crippen LogP contribution is 2.43. The molecular formula is C28H30N2O4. The maximum atomic E-state index is 13.3. The second-order valence-electron chi connectivity index (χ2n) is 8.95. The summed E-state index contributed by atoms with van der Waals surface area (Å²) >= 11 is 0. The highest BCUT2D eigenvalue weighted by Gasteiger charge is 2.46. The Balaban J connectivity index is 2.12. The van der Waals surface area contributed by atoms with Crippen LogP contribution in [0.4, 0.5) is 5.69 Å². The van der Waals surface area contributed by atoms with E-state index in [9.17, 15) is 14.7 Å². The normalized spacial score (nSPS) is 16.9. The number of nitrogens with two attached hydrogens (primary N) is 1. The zero-order valence-electron chi connectivity index (χ0n) is 19.9. The molecule has 1 aliphatic rings. The number of ketones is 1. The Hall–Kier alpha value is -4.06. The molecule has 0 aromatic heterocycles. The maximum absolute atomic E-state index is 13.3. The first-order valence-electron chi connectivity index (χ1n) is 10.9. The van der Waals surface area contributed by atoms with Gasteiger partial charge in [0.05, 0.1) is 18.7 Å². The number of nitrogens with zero attached hydrogens (tertiary/aromatic N) is 1. The largest absolute Gasteiger partial charge is 0.503 e. The van der Waals surface area contributed by atoms with Gasteiger partial charge in [0.25, 0.3) is 5.91 Å². The van der Waals surface area contributed by atoms with E-state index in [-0.39, 0.29) is 11.4 Å². The van der Waals surface area contributed by atoms with Gasteiger partial charge in [-0.2, -0.15) is 0 Å². The molecule has 0 bridgehead atoms. The second kappa shape index (κ2) is 9.83. The summed E-state index contributed by atoms with van der Waals surface area (Å²) in [5, 5.41) is 10.8. The van der Waals surface area contributed by atoms with Gasteiger partial charge in [0.1, 0.15) is 5.75 Å². The lowest BCUT2D eigenvalue weighted by atomic mass is 9.82. The van der Waals surface area contributed by atoms with Gasteiger partial charge in [0, 0.05) is 11.1 Å². The van der Waals surface area contributed by atoms with Crippen molar-refractivity contribution in [3.8, 4) is 5.75 Å². The highest BCUT2D eigenvalue weighted by molar-refractivity contribution is 6.17. The number of amides is 1. The molecule has 6 nitrogen and oxygen atoms in total. The van der Waals surface area contributed by atoms with Crippen molar-refractivity contribution >= 4 is 23.0 Å². The van der Waals surface area contributed by atoms with Gasteiger partial charge in [-0.1, -0.05) is 63.8 Å². The number of rotatable bonds is 7. The van der Waals surface area contributed by atoms with Crippen LogP contribution in [0, 0.1) is 5.41 Å². The molecule has 0 saturated carbocycles. The van der Waals surface area contributed by atoms with Crippen LogP contribution in [0.15, 0.2) is 90.9 Å². The van der Waals surface area contributed by atoms with E-state index in [0.717, 1.165) is 11.1 Å². The molecule has 0 fully saturated rings. The molecule has 0 aliphatic carbocycles. The van der Waals surface area contributed by atoms with E-state index >= 15 is 0 Å². The molecule has 176 valence electrons. The van der Waals surface area contributed by atoms with Crippen LogP contribution in [0.3, 0.4) is 0 Å². The van der Waals surface area contributed by atoms with Crippen LogP contribution in [0.5, 0.6) is 5.75 Å². The molecule has 0 spiro atoms. The molecule has 1 unspecified atom stereocenters. The third-order valence-electron chi connectivity index (χ3n) is 5.65. The van der Waals surface area contributed by atoms with E-state index in [1.54, 1.807) is 76.4 Å². The summed E-state index contributed by atoms with van der Waals surface area (Å²) in [6.07, 6.45) is 6.68. The van der Waals surface area contributed by atoms with Crippen molar-refractivity contribution in [2.75, 3.05) is 12.0 Å². The van der Waals surface area contributed by atoms with E-state index in [1.165, 1.54) is 11.1 Å². The number of Topliss-reactive ketones (excluding diaryl/α,β-unsaturated/α-hetero) is 1. The first-order valence-corrected chi connectivity index (χ1v) is 10.9. The molecule has 1 amide bonds. The smallest absolute Gasteiger partial charge is 0.294 e. The summed E-state index contributed by atoms with van der Waals surface area (Å²) in [4.78, 5) is 28.0. The number of allylic oxidation sites excluding steroid dienone is 4. The predicted molar refractivity (Wildman–Crippen MR) is 135 cm³/mol. The Bertz CT molecular complexity index is 1180. The van der Waals surface area contributed by atoms with Crippen LogP contribution in [0.25, 0.3) is 5.57 Å². The first kappa shape index (κ1) is 24.6. The zero-order valence-corrected chi connectivity index (χ0v) is 19.9. The van der Waals surface area contributed by atoms with Crippen LogP contribution in [-0.2, 0) is 9.59 Å². The lowest BCUT2D eigenvalue weighted by Gasteiger charge is -2.29. The molecule has 0 radical (unpaired) electrons. The summed E-state index contributed by atoms with van der Waals surface area (Å²) in [5.74, 6) is -0.781. The topological polar surface area (TPSA) is 92.9 Å². The van der Waals surface area contributed by atoms with Crippen molar-refractivity contribution in [2.45, 2.75) is 26.8 Å². The van der Waals surface area contributed by atoms with Gasteiger partial charge >= 0.3 is 0 Å². The van der Waals surface area contributed by atoms with Crippen LogP contribution >= 0.6 is 0 Å². The number of hydrogen-bond acceptors (Lipinski definition) is 5. The number of ether oxygens (including phenoxy) is 1. The Morgan fingerprint density at radius 1 is 1.12 bits per heavy atom. The molecule has 2 aromatic rings. The fourth-order valence-electron chi connectivity index (χ4n) is 3.86. The SMILES string of the molecule is C=C/C(=C\C=C/N)c1ccc(N2C(=O)C(O)=C(C(=O)C(C)(C)C)C2c2ccc(OC)cc2)cc1. The van der Waals surface area contributed by atoms with Gasteiger partial charge in [0.2, 0.25) is 0 Å². The number of methoxy groups -OCH3 is 1. The first-order chi connectivity index (χ1) is 16.1. The summed E-state index contributed by atoms with van der Waals surface area (Å²) in [6.45, 7) is 9.13. The van der Waals surface area contributed by atoms with Crippen LogP contribution < -0.4 is 15.4 Å². The molecule has 0 saturated heterocycles. The van der Waals surface area contributed by atoms with Gasteiger partial charge < -0.3 is 15.6 Å². The number of carbonyl (C=O) groups is 2. The van der Waals surface area contributed by atoms with Gasteiger partial charge in [-0.05, 0) is 53.2 Å².